The lowest BCUT2D eigenvalue weighted by Gasteiger charge is -2.18. The quantitative estimate of drug-likeness (QED) is 0.412. The number of carboxylic acids is 1. The van der Waals surface area contributed by atoms with Gasteiger partial charge in [0.25, 0.3) is 11.8 Å². The number of nitrogens with zero attached hydrogens (tertiary/aromatic N) is 1. The van der Waals surface area contributed by atoms with Crippen LogP contribution < -0.4 is 10.1 Å². The molecule has 2 N–H and O–H groups in total. The maximum atomic E-state index is 12.4. The lowest BCUT2D eigenvalue weighted by atomic mass is 10.0. The first kappa shape index (κ1) is 23.0. The number of nitrogens with one attached hydrogen (secondary N) is 1. The SMILES string of the molecule is COc1ccc([C@@H](CC(=O)O)NC(=O)CCCCCN2C(=O)c3ccccc3C2=O)cc1. The van der Waals surface area contributed by atoms with E-state index in [4.69, 9.17) is 4.74 Å². The molecule has 0 aromatic heterocycles. The number of hydrogen-bond acceptors (Lipinski definition) is 5. The number of ether oxygens (including phenoxy) is 1. The van der Waals surface area contributed by atoms with E-state index in [1.807, 2.05) is 0 Å². The van der Waals surface area contributed by atoms with E-state index >= 15 is 0 Å². The Kier molecular flexibility index (Phi) is 7.59. The maximum absolute atomic E-state index is 12.4. The van der Waals surface area contributed by atoms with Crippen molar-refractivity contribution in [3.63, 3.8) is 0 Å². The molecule has 1 atom stereocenters. The third-order valence-corrected chi connectivity index (χ3v) is 5.40. The smallest absolute Gasteiger partial charge is 0.305 e. The summed E-state index contributed by atoms with van der Waals surface area (Å²) in [6.45, 7) is 0.307. The predicted octanol–water partition coefficient (Wildman–Crippen LogP) is 3.18. The fourth-order valence-electron chi connectivity index (χ4n) is 3.70. The van der Waals surface area contributed by atoms with Gasteiger partial charge >= 0.3 is 5.97 Å². The van der Waals surface area contributed by atoms with E-state index in [-0.39, 0.29) is 30.6 Å². The normalized spacial score (nSPS) is 13.6. The van der Waals surface area contributed by atoms with Gasteiger partial charge in [-0.25, -0.2) is 0 Å². The van der Waals surface area contributed by atoms with E-state index in [9.17, 15) is 24.3 Å². The summed E-state index contributed by atoms with van der Waals surface area (Å²) in [5.74, 6) is -1.16. The molecule has 1 heterocycles. The van der Waals surface area contributed by atoms with Crippen molar-refractivity contribution in [2.24, 2.45) is 0 Å². The molecular formula is C24H26N2O6. The van der Waals surface area contributed by atoms with E-state index < -0.39 is 12.0 Å². The second-order valence-corrected chi connectivity index (χ2v) is 7.61. The molecule has 0 bridgehead atoms. The molecule has 1 aliphatic heterocycles. The highest BCUT2D eigenvalue weighted by molar-refractivity contribution is 6.21. The van der Waals surface area contributed by atoms with Gasteiger partial charge in [0.2, 0.25) is 5.91 Å². The van der Waals surface area contributed by atoms with Gasteiger partial charge in [0.15, 0.2) is 0 Å². The first-order valence-electron chi connectivity index (χ1n) is 10.5. The number of fused-ring (bicyclic) bond motifs is 1. The summed E-state index contributed by atoms with van der Waals surface area (Å²) in [5.41, 5.74) is 1.55. The van der Waals surface area contributed by atoms with E-state index in [0.717, 1.165) is 0 Å². The number of imide groups is 1. The average Bonchev–Trinajstić information content (AvgIpc) is 3.03. The van der Waals surface area contributed by atoms with E-state index in [0.29, 0.717) is 48.2 Å². The molecule has 8 nitrogen and oxygen atoms in total. The molecule has 2 aromatic rings. The van der Waals surface area contributed by atoms with Crippen molar-refractivity contribution in [1.82, 2.24) is 10.2 Å². The molecule has 3 amide bonds. The van der Waals surface area contributed by atoms with Gasteiger partial charge in [-0.3, -0.25) is 24.1 Å². The summed E-state index contributed by atoms with van der Waals surface area (Å²) in [7, 11) is 1.54. The summed E-state index contributed by atoms with van der Waals surface area (Å²) < 4.78 is 5.11. The third kappa shape index (κ3) is 5.51. The fourth-order valence-corrected chi connectivity index (χ4v) is 3.70. The van der Waals surface area contributed by atoms with Crippen LogP contribution in [0.5, 0.6) is 5.75 Å². The van der Waals surface area contributed by atoms with Crippen LogP contribution in [0.4, 0.5) is 0 Å². The van der Waals surface area contributed by atoms with Crippen molar-refractivity contribution < 1.29 is 29.0 Å². The van der Waals surface area contributed by atoms with Crippen LogP contribution in [-0.4, -0.2) is 47.4 Å². The number of amides is 3. The van der Waals surface area contributed by atoms with Crippen LogP contribution in [0.1, 0.15) is 64.4 Å². The number of aliphatic carboxylic acids is 1. The lowest BCUT2D eigenvalue weighted by molar-refractivity contribution is -0.137. The highest BCUT2D eigenvalue weighted by Crippen LogP contribution is 2.23. The van der Waals surface area contributed by atoms with Gasteiger partial charge < -0.3 is 15.2 Å². The first-order valence-corrected chi connectivity index (χ1v) is 10.5. The highest BCUT2D eigenvalue weighted by atomic mass is 16.5. The van der Waals surface area contributed by atoms with Crippen molar-refractivity contribution >= 4 is 23.7 Å². The van der Waals surface area contributed by atoms with Crippen molar-refractivity contribution in [2.45, 2.75) is 38.1 Å². The highest BCUT2D eigenvalue weighted by Gasteiger charge is 2.34. The summed E-state index contributed by atoms with van der Waals surface area (Å²) in [4.78, 5) is 49.5. The number of methoxy groups -OCH3 is 1. The lowest BCUT2D eigenvalue weighted by Crippen LogP contribution is -2.31. The minimum Gasteiger partial charge on any atom is -0.497 e. The number of carboxylic acid groups (broad SMARTS) is 1. The number of unbranched alkanes of at least 4 members (excludes halogenated alkanes) is 2. The summed E-state index contributed by atoms with van der Waals surface area (Å²) in [5, 5.41) is 12.0. The monoisotopic (exact) mass is 438 g/mol. The maximum Gasteiger partial charge on any atom is 0.305 e. The topological polar surface area (TPSA) is 113 Å². The molecule has 0 fully saturated rings. The standard InChI is InChI=1S/C24H26N2O6/c1-32-17-12-10-16(11-13-17)20(15-22(28)29)25-21(27)9-3-2-6-14-26-23(30)18-7-4-5-8-19(18)24(26)31/h4-5,7-8,10-13,20H,2-3,6,9,14-15H2,1H3,(H,25,27)(H,28,29)/t20-/m1/s1. The molecule has 0 saturated carbocycles. The minimum absolute atomic E-state index is 0.224. The number of carbonyl (C=O) groups is 4. The van der Waals surface area contributed by atoms with E-state index in [1.54, 1.807) is 55.6 Å². The largest absolute Gasteiger partial charge is 0.497 e. The Morgan fingerprint density at radius 3 is 2.16 bits per heavy atom. The van der Waals surface area contributed by atoms with Gasteiger partial charge in [-0.1, -0.05) is 30.7 Å². The Balaban J connectivity index is 1.44. The van der Waals surface area contributed by atoms with Crippen LogP contribution in [0.25, 0.3) is 0 Å². The zero-order valence-corrected chi connectivity index (χ0v) is 17.9. The van der Waals surface area contributed by atoms with E-state index in [1.165, 1.54) is 4.90 Å². The molecular weight excluding hydrogens is 412 g/mol. The van der Waals surface area contributed by atoms with Crippen molar-refractivity contribution in [3.8, 4) is 5.75 Å². The number of carbonyl (C=O) groups excluding carboxylic acids is 3. The van der Waals surface area contributed by atoms with Gasteiger partial charge in [-0.15, -0.1) is 0 Å². The van der Waals surface area contributed by atoms with Crippen LogP contribution >= 0.6 is 0 Å². The second kappa shape index (κ2) is 10.6. The van der Waals surface area contributed by atoms with Crippen molar-refractivity contribution in [2.75, 3.05) is 13.7 Å². The molecule has 1 aliphatic rings. The van der Waals surface area contributed by atoms with Crippen LogP contribution in [0, 0.1) is 0 Å². The average molecular weight is 438 g/mol. The molecule has 0 aliphatic carbocycles. The zero-order valence-electron chi connectivity index (χ0n) is 17.9. The number of benzene rings is 2. The third-order valence-electron chi connectivity index (χ3n) is 5.40. The molecule has 3 rings (SSSR count). The van der Waals surface area contributed by atoms with Gasteiger partial charge in [0, 0.05) is 13.0 Å². The zero-order chi connectivity index (χ0) is 23.1. The second-order valence-electron chi connectivity index (χ2n) is 7.61. The predicted molar refractivity (Wildman–Crippen MR) is 116 cm³/mol. The number of rotatable bonds is 11. The molecule has 0 spiro atoms. The Morgan fingerprint density at radius 1 is 0.969 bits per heavy atom. The van der Waals surface area contributed by atoms with Crippen molar-refractivity contribution in [3.05, 3.63) is 65.2 Å². The summed E-state index contributed by atoms with van der Waals surface area (Å²) in [6, 6.07) is 13.0. The van der Waals surface area contributed by atoms with Crippen LogP contribution in [0.2, 0.25) is 0 Å². The minimum atomic E-state index is -1.01. The van der Waals surface area contributed by atoms with Crippen LogP contribution in [0.15, 0.2) is 48.5 Å². The molecule has 32 heavy (non-hydrogen) atoms. The van der Waals surface area contributed by atoms with Gasteiger partial charge in [-0.05, 0) is 42.7 Å². The van der Waals surface area contributed by atoms with Gasteiger partial charge in [-0.2, -0.15) is 0 Å². The van der Waals surface area contributed by atoms with Crippen LogP contribution in [0.3, 0.4) is 0 Å². The fraction of sp³-hybridized carbons (Fsp3) is 0.333. The Bertz CT molecular complexity index is 967. The molecule has 2 aromatic carbocycles. The van der Waals surface area contributed by atoms with Crippen LogP contribution in [-0.2, 0) is 9.59 Å². The Hall–Kier alpha value is -3.68. The molecule has 168 valence electrons. The van der Waals surface area contributed by atoms with E-state index in [2.05, 4.69) is 5.32 Å². The van der Waals surface area contributed by atoms with Gasteiger partial charge in [0.1, 0.15) is 5.75 Å². The first-order chi connectivity index (χ1) is 15.4. The van der Waals surface area contributed by atoms with Gasteiger partial charge in [0.05, 0.1) is 30.7 Å². The summed E-state index contributed by atoms with van der Waals surface area (Å²) >= 11 is 0. The van der Waals surface area contributed by atoms with Crippen molar-refractivity contribution in [1.29, 1.82) is 0 Å². The summed E-state index contributed by atoms with van der Waals surface area (Å²) in [6.07, 6.45) is 1.83. The molecule has 8 heteroatoms. The number of hydrogen-bond donors (Lipinski definition) is 2. The molecule has 0 saturated heterocycles. The molecule has 0 radical (unpaired) electrons. The Labute approximate surface area is 186 Å². The molecule has 0 unspecified atom stereocenters. The Morgan fingerprint density at radius 2 is 1.59 bits per heavy atom.